The van der Waals surface area contributed by atoms with E-state index in [1.807, 2.05) is 13.0 Å². The van der Waals surface area contributed by atoms with Crippen LogP contribution in [0.3, 0.4) is 0 Å². The maximum atomic E-state index is 12.8. The smallest absolute Gasteiger partial charge is 0.357 e. The van der Waals surface area contributed by atoms with Gasteiger partial charge in [0.15, 0.2) is 5.96 Å². The summed E-state index contributed by atoms with van der Waals surface area (Å²) in [5.41, 5.74) is 0.732. The molecule has 1 heterocycles. The van der Waals surface area contributed by atoms with E-state index in [4.69, 9.17) is 11.6 Å². The summed E-state index contributed by atoms with van der Waals surface area (Å²) in [5, 5.41) is 6.48. The van der Waals surface area contributed by atoms with Crippen LogP contribution < -0.4 is 10.6 Å². The summed E-state index contributed by atoms with van der Waals surface area (Å²) in [5.74, 6) is 0.509. The molecule has 0 spiro atoms. The Hall–Kier alpha value is -2.28. The molecule has 2 rings (SSSR count). The summed E-state index contributed by atoms with van der Waals surface area (Å²) in [6.07, 6.45) is -2.72. The Morgan fingerprint density at radius 1 is 1.16 bits per heavy atom. The molecule has 0 saturated carbocycles. The predicted octanol–water partition coefficient (Wildman–Crippen LogP) is 4.01. The first kappa shape index (κ1) is 19.1. The number of aromatic nitrogens is 1. The average molecular weight is 371 g/mol. The minimum absolute atomic E-state index is 0.231. The van der Waals surface area contributed by atoms with Gasteiger partial charge in [-0.25, -0.2) is 9.98 Å². The van der Waals surface area contributed by atoms with Gasteiger partial charge >= 0.3 is 6.18 Å². The molecule has 0 atom stereocenters. The Morgan fingerprint density at radius 3 is 2.60 bits per heavy atom. The molecule has 1 aromatic carbocycles. The lowest BCUT2D eigenvalue weighted by Gasteiger charge is -2.13. The topological polar surface area (TPSA) is 49.3 Å². The average Bonchev–Trinajstić information content (AvgIpc) is 2.58. The van der Waals surface area contributed by atoms with Crippen molar-refractivity contribution in [2.45, 2.75) is 26.2 Å². The summed E-state index contributed by atoms with van der Waals surface area (Å²) in [6, 6.07) is 8.69. The fourth-order valence-electron chi connectivity index (χ4n) is 2.06. The molecule has 134 valence electrons. The second-order valence-electron chi connectivity index (χ2n) is 5.24. The molecule has 0 saturated heterocycles. The van der Waals surface area contributed by atoms with Crippen LogP contribution in [0.15, 0.2) is 47.6 Å². The maximum Gasteiger partial charge on any atom is 0.416 e. The van der Waals surface area contributed by atoms with Crippen molar-refractivity contribution in [2.75, 3.05) is 6.54 Å². The molecule has 4 nitrogen and oxygen atoms in total. The van der Waals surface area contributed by atoms with E-state index in [-0.39, 0.29) is 6.54 Å². The molecule has 8 heteroatoms. The fraction of sp³-hybridized carbons (Fsp3) is 0.294. The van der Waals surface area contributed by atoms with E-state index in [0.717, 1.165) is 17.7 Å². The van der Waals surface area contributed by atoms with Gasteiger partial charge in [-0.1, -0.05) is 29.8 Å². The second kappa shape index (κ2) is 8.71. The van der Waals surface area contributed by atoms with Crippen LogP contribution in [-0.2, 0) is 19.3 Å². The third-order valence-corrected chi connectivity index (χ3v) is 3.49. The molecule has 0 bridgehead atoms. The number of nitrogens with zero attached hydrogens (tertiary/aromatic N) is 2. The number of benzene rings is 1. The molecule has 0 aliphatic rings. The standard InChI is InChI=1S/C17H18ClF3N4/c1-2-22-16(25-11-13-6-7-15(18)23-10-13)24-9-12-4-3-5-14(8-12)17(19,20)21/h3-8,10H,2,9,11H2,1H3,(H2,22,24,25). The number of nitrogens with one attached hydrogen (secondary N) is 2. The Labute approximate surface area is 149 Å². The Kier molecular flexibility index (Phi) is 6.64. The van der Waals surface area contributed by atoms with Gasteiger partial charge in [0.05, 0.1) is 12.1 Å². The van der Waals surface area contributed by atoms with E-state index in [1.54, 1.807) is 18.3 Å². The van der Waals surface area contributed by atoms with Gasteiger partial charge in [0, 0.05) is 19.3 Å². The van der Waals surface area contributed by atoms with Gasteiger partial charge in [-0.15, -0.1) is 0 Å². The molecule has 25 heavy (non-hydrogen) atoms. The van der Waals surface area contributed by atoms with Gasteiger partial charge in [0.1, 0.15) is 5.15 Å². The van der Waals surface area contributed by atoms with Gasteiger partial charge in [-0.05, 0) is 36.2 Å². The van der Waals surface area contributed by atoms with Gasteiger partial charge < -0.3 is 10.6 Å². The summed E-state index contributed by atoms with van der Waals surface area (Å²) in [6.45, 7) is 3.15. The lowest BCUT2D eigenvalue weighted by molar-refractivity contribution is -0.137. The van der Waals surface area contributed by atoms with Gasteiger partial charge in [0.25, 0.3) is 0 Å². The normalized spacial score (nSPS) is 12.1. The molecule has 1 aromatic heterocycles. The monoisotopic (exact) mass is 370 g/mol. The number of aliphatic imine (C=N–C) groups is 1. The number of hydrogen-bond donors (Lipinski definition) is 2. The van der Waals surface area contributed by atoms with E-state index in [0.29, 0.717) is 29.8 Å². The van der Waals surface area contributed by atoms with Crippen molar-refractivity contribution in [3.63, 3.8) is 0 Å². The molecule has 2 N–H and O–H groups in total. The first-order valence-electron chi connectivity index (χ1n) is 7.67. The van der Waals surface area contributed by atoms with Crippen molar-refractivity contribution in [3.8, 4) is 0 Å². The SMILES string of the molecule is CCNC(=NCc1ccc(Cl)nc1)NCc1cccc(C(F)(F)F)c1. The number of pyridine rings is 1. The molecule has 0 aliphatic carbocycles. The first-order valence-corrected chi connectivity index (χ1v) is 8.05. The lowest BCUT2D eigenvalue weighted by Crippen LogP contribution is -2.36. The van der Waals surface area contributed by atoms with E-state index in [1.165, 1.54) is 6.07 Å². The Bertz CT molecular complexity index is 715. The summed E-state index contributed by atoms with van der Waals surface area (Å²) < 4.78 is 38.3. The summed E-state index contributed by atoms with van der Waals surface area (Å²) in [4.78, 5) is 8.37. The van der Waals surface area contributed by atoms with Crippen LogP contribution in [0.5, 0.6) is 0 Å². The van der Waals surface area contributed by atoms with E-state index >= 15 is 0 Å². The van der Waals surface area contributed by atoms with Crippen LogP contribution in [0, 0.1) is 0 Å². The van der Waals surface area contributed by atoms with Crippen molar-refractivity contribution < 1.29 is 13.2 Å². The minimum atomic E-state index is -4.35. The highest BCUT2D eigenvalue weighted by atomic mass is 35.5. The minimum Gasteiger partial charge on any atom is -0.357 e. The van der Waals surface area contributed by atoms with Crippen LogP contribution in [0.25, 0.3) is 0 Å². The third-order valence-electron chi connectivity index (χ3n) is 3.27. The van der Waals surface area contributed by atoms with Crippen LogP contribution in [0.2, 0.25) is 5.15 Å². The summed E-state index contributed by atoms with van der Waals surface area (Å²) in [7, 11) is 0. The molecular formula is C17H18ClF3N4. The largest absolute Gasteiger partial charge is 0.416 e. The third kappa shape index (κ3) is 6.26. The molecule has 0 amide bonds. The number of guanidine groups is 1. The van der Waals surface area contributed by atoms with Crippen molar-refractivity contribution >= 4 is 17.6 Å². The highest BCUT2D eigenvalue weighted by Gasteiger charge is 2.30. The second-order valence-corrected chi connectivity index (χ2v) is 5.62. The Morgan fingerprint density at radius 2 is 1.96 bits per heavy atom. The number of hydrogen-bond acceptors (Lipinski definition) is 2. The number of halogens is 4. The fourth-order valence-corrected chi connectivity index (χ4v) is 2.17. The molecule has 2 aromatic rings. The van der Waals surface area contributed by atoms with Crippen molar-refractivity contribution in [1.29, 1.82) is 0 Å². The van der Waals surface area contributed by atoms with Crippen molar-refractivity contribution in [2.24, 2.45) is 4.99 Å². The lowest BCUT2D eigenvalue weighted by atomic mass is 10.1. The Balaban J connectivity index is 2.01. The highest BCUT2D eigenvalue weighted by molar-refractivity contribution is 6.29. The van der Waals surface area contributed by atoms with Gasteiger partial charge in [-0.2, -0.15) is 13.2 Å². The van der Waals surface area contributed by atoms with E-state index in [9.17, 15) is 13.2 Å². The zero-order valence-corrected chi connectivity index (χ0v) is 14.3. The van der Waals surface area contributed by atoms with Crippen LogP contribution in [0.4, 0.5) is 13.2 Å². The number of rotatable bonds is 5. The highest BCUT2D eigenvalue weighted by Crippen LogP contribution is 2.29. The number of alkyl halides is 3. The van der Waals surface area contributed by atoms with Crippen LogP contribution in [-0.4, -0.2) is 17.5 Å². The maximum absolute atomic E-state index is 12.8. The van der Waals surface area contributed by atoms with Crippen LogP contribution in [0.1, 0.15) is 23.6 Å². The van der Waals surface area contributed by atoms with E-state index < -0.39 is 11.7 Å². The van der Waals surface area contributed by atoms with Crippen molar-refractivity contribution in [3.05, 3.63) is 64.4 Å². The van der Waals surface area contributed by atoms with Crippen LogP contribution >= 0.6 is 11.6 Å². The zero-order valence-electron chi connectivity index (χ0n) is 13.6. The summed E-state index contributed by atoms with van der Waals surface area (Å²) >= 11 is 5.73. The van der Waals surface area contributed by atoms with Gasteiger partial charge in [-0.3, -0.25) is 0 Å². The zero-order chi connectivity index (χ0) is 18.3. The predicted molar refractivity (Wildman–Crippen MR) is 92.3 cm³/mol. The molecule has 0 aliphatic heterocycles. The first-order chi connectivity index (χ1) is 11.9. The van der Waals surface area contributed by atoms with Gasteiger partial charge in [0.2, 0.25) is 0 Å². The van der Waals surface area contributed by atoms with E-state index in [2.05, 4.69) is 20.6 Å². The van der Waals surface area contributed by atoms with Crippen molar-refractivity contribution in [1.82, 2.24) is 15.6 Å². The molecule has 0 radical (unpaired) electrons. The molecule has 0 unspecified atom stereocenters. The quantitative estimate of drug-likeness (QED) is 0.475. The molecule has 0 fully saturated rings. The molecular weight excluding hydrogens is 353 g/mol.